The van der Waals surface area contributed by atoms with Gasteiger partial charge >= 0.3 is 6.18 Å². The highest BCUT2D eigenvalue weighted by atomic mass is 19.4. The van der Waals surface area contributed by atoms with Crippen molar-refractivity contribution in [1.82, 2.24) is 9.97 Å². The molecular formula is C12H9F3N4O. The van der Waals surface area contributed by atoms with E-state index in [2.05, 4.69) is 15.1 Å². The fourth-order valence-corrected chi connectivity index (χ4v) is 1.65. The third-order valence-corrected chi connectivity index (χ3v) is 2.55. The van der Waals surface area contributed by atoms with Gasteiger partial charge in [-0.3, -0.25) is 0 Å². The van der Waals surface area contributed by atoms with E-state index in [1.807, 2.05) is 0 Å². The lowest BCUT2D eigenvalue weighted by Crippen LogP contribution is -2.15. The number of amidine groups is 1. The van der Waals surface area contributed by atoms with Gasteiger partial charge in [0.25, 0.3) is 0 Å². The summed E-state index contributed by atoms with van der Waals surface area (Å²) in [6, 6.07) is 6.23. The highest BCUT2D eigenvalue weighted by Gasteiger charge is 2.33. The molecular weight excluding hydrogens is 273 g/mol. The molecule has 0 aliphatic rings. The Kier molecular flexibility index (Phi) is 3.55. The molecule has 2 aromatic rings. The third kappa shape index (κ3) is 2.68. The zero-order chi connectivity index (χ0) is 14.8. The minimum Gasteiger partial charge on any atom is -0.409 e. The Balaban J connectivity index is 2.58. The van der Waals surface area contributed by atoms with E-state index in [0.717, 1.165) is 12.4 Å². The molecule has 1 aromatic carbocycles. The molecule has 1 heterocycles. The Bertz CT molecular complexity index is 655. The molecule has 0 amide bonds. The van der Waals surface area contributed by atoms with E-state index in [0.29, 0.717) is 0 Å². The summed E-state index contributed by atoms with van der Waals surface area (Å²) in [5.74, 6) is -0.307. The average molecular weight is 282 g/mol. The van der Waals surface area contributed by atoms with Crippen molar-refractivity contribution in [2.24, 2.45) is 10.9 Å². The molecule has 8 heteroatoms. The maximum Gasteiger partial charge on any atom is 0.417 e. The average Bonchev–Trinajstić information content (AvgIpc) is 2.45. The van der Waals surface area contributed by atoms with Gasteiger partial charge in [-0.1, -0.05) is 23.4 Å². The molecule has 0 aliphatic heterocycles. The van der Waals surface area contributed by atoms with Gasteiger partial charge in [-0.05, 0) is 12.1 Å². The van der Waals surface area contributed by atoms with Crippen molar-refractivity contribution in [3.05, 3.63) is 47.9 Å². The lowest BCUT2D eigenvalue weighted by molar-refractivity contribution is -0.137. The van der Waals surface area contributed by atoms with Crippen molar-refractivity contribution >= 4 is 5.84 Å². The van der Waals surface area contributed by atoms with Gasteiger partial charge < -0.3 is 10.9 Å². The molecule has 0 bridgehead atoms. The molecule has 0 spiro atoms. The predicted octanol–water partition coefficient (Wildman–Crippen LogP) is 2.26. The zero-order valence-corrected chi connectivity index (χ0v) is 9.96. The summed E-state index contributed by atoms with van der Waals surface area (Å²) in [6.07, 6.45) is -3.45. The maximum absolute atomic E-state index is 12.9. The summed E-state index contributed by atoms with van der Waals surface area (Å²) in [5.41, 5.74) is 4.51. The summed E-state index contributed by atoms with van der Waals surface area (Å²) < 4.78 is 38.8. The molecule has 104 valence electrons. The van der Waals surface area contributed by atoms with Gasteiger partial charge in [-0.2, -0.15) is 13.2 Å². The van der Waals surface area contributed by atoms with Crippen LogP contribution in [0.25, 0.3) is 11.3 Å². The van der Waals surface area contributed by atoms with Crippen LogP contribution in [0.3, 0.4) is 0 Å². The van der Waals surface area contributed by atoms with Crippen molar-refractivity contribution < 1.29 is 18.4 Å². The lowest BCUT2D eigenvalue weighted by Gasteiger charge is -2.12. The van der Waals surface area contributed by atoms with Crippen LogP contribution >= 0.6 is 0 Å². The van der Waals surface area contributed by atoms with Gasteiger partial charge in [0.2, 0.25) is 0 Å². The smallest absolute Gasteiger partial charge is 0.409 e. The first-order valence-corrected chi connectivity index (χ1v) is 5.40. The minimum absolute atomic E-state index is 0.0366. The second-order valence-corrected chi connectivity index (χ2v) is 3.82. The van der Waals surface area contributed by atoms with E-state index in [9.17, 15) is 13.2 Å². The molecule has 0 atom stereocenters. The summed E-state index contributed by atoms with van der Waals surface area (Å²) >= 11 is 0. The molecule has 5 nitrogen and oxygen atoms in total. The summed E-state index contributed by atoms with van der Waals surface area (Å²) in [6.45, 7) is 0. The standard InChI is InChI=1S/C12H9F3N4O/c13-12(14,15)8-4-2-1-3-7(8)9-5-10(11(16)19-20)18-6-17-9/h1-6,20H,(H2,16,19). The normalized spacial score (nSPS) is 12.4. The second-order valence-electron chi connectivity index (χ2n) is 3.82. The Labute approximate surface area is 111 Å². The van der Waals surface area contributed by atoms with Crippen LogP contribution in [0.1, 0.15) is 11.3 Å². The quantitative estimate of drug-likeness (QED) is 0.383. The van der Waals surface area contributed by atoms with E-state index in [1.54, 1.807) is 0 Å². The summed E-state index contributed by atoms with van der Waals surface area (Å²) in [5, 5.41) is 11.3. The van der Waals surface area contributed by atoms with Gasteiger partial charge in [0.15, 0.2) is 5.84 Å². The van der Waals surface area contributed by atoms with Crippen molar-refractivity contribution in [1.29, 1.82) is 0 Å². The van der Waals surface area contributed by atoms with Crippen LogP contribution in [0.2, 0.25) is 0 Å². The first-order chi connectivity index (χ1) is 9.43. The van der Waals surface area contributed by atoms with Crippen molar-refractivity contribution in [3.63, 3.8) is 0 Å². The summed E-state index contributed by atoms with van der Waals surface area (Å²) in [7, 11) is 0. The Hall–Kier alpha value is -2.64. The number of nitrogens with two attached hydrogens (primary N) is 1. The predicted molar refractivity (Wildman–Crippen MR) is 65.0 cm³/mol. The Morgan fingerprint density at radius 2 is 1.90 bits per heavy atom. The van der Waals surface area contributed by atoms with Gasteiger partial charge in [-0.25, -0.2) is 9.97 Å². The number of nitrogens with zero attached hydrogens (tertiary/aromatic N) is 3. The SMILES string of the molecule is N/C(=N\O)c1cc(-c2ccccc2C(F)(F)F)ncn1. The summed E-state index contributed by atoms with van der Waals surface area (Å²) in [4.78, 5) is 7.52. The molecule has 0 fully saturated rings. The van der Waals surface area contributed by atoms with Crippen LogP contribution in [-0.4, -0.2) is 21.0 Å². The van der Waals surface area contributed by atoms with E-state index >= 15 is 0 Å². The molecule has 1 aromatic heterocycles. The number of alkyl halides is 3. The van der Waals surface area contributed by atoms with Crippen LogP contribution in [0.15, 0.2) is 41.8 Å². The molecule has 2 rings (SSSR count). The fourth-order valence-electron chi connectivity index (χ4n) is 1.65. The van der Waals surface area contributed by atoms with Crippen LogP contribution in [0.5, 0.6) is 0 Å². The van der Waals surface area contributed by atoms with Crippen LogP contribution in [0, 0.1) is 0 Å². The van der Waals surface area contributed by atoms with Crippen molar-refractivity contribution in [2.45, 2.75) is 6.18 Å². The number of aromatic nitrogens is 2. The number of rotatable bonds is 2. The fraction of sp³-hybridized carbons (Fsp3) is 0.0833. The van der Waals surface area contributed by atoms with Gasteiger partial charge in [0, 0.05) is 5.56 Å². The van der Waals surface area contributed by atoms with Crippen LogP contribution in [0.4, 0.5) is 13.2 Å². The molecule has 3 N–H and O–H groups in total. The number of hydrogen-bond acceptors (Lipinski definition) is 4. The Morgan fingerprint density at radius 1 is 1.20 bits per heavy atom. The molecule has 20 heavy (non-hydrogen) atoms. The van der Waals surface area contributed by atoms with E-state index in [4.69, 9.17) is 10.9 Å². The molecule has 0 radical (unpaired) electrons. The van der Waals surface area contributed by atoms with E-state index in [-0.39, 0.29) is 22.8 Å². The third-order valence-electron chi connectivity index (χ3n) is 2.55. The first kappa shape index (κ1) is 13.8. The number of oxime groups is 1. The van der Waals surface area contributed by atoms with Gasteiger partial charge in [0.05, 0.1) is 11.3 Å². The van der Waals surface area contributed by atoms with Crippen LogP contribution < -0.4 is 5.73 Å². The molecule has 0 saturated heterocycles. The van der Waals surface area contributed by atoms with Crippen molar-refractivity contribution in [3.8, 4) is 11.3 Å². The van der Waals surface area contributed by atoms with E-state index < -0.39 is 11.7 Å². The highest BCUT2D eigenvalue weighted by molar-refractivity contribution is 5.95. The zero-order valence-electron chi connectivity index (χ0n) is 9.96. The van der Waals surface area contributed by atoms with Gasteiger partial charge in [0.1, 0.15) is 12.0 Å². The van der Waals surface area contributed by atoms with Gasteiger partial charge in [-0.15, -0.1) is 0 Å². The monoisotopic (exact) mass is 282 g/mol. The largest absolute Gasteiger partial charge is 0.417 e. The highest BCUT2D eigenvalue weighted by Crippen LogP contribution is 2.36. The topological polar surface area (TPSA) is 84.4 Å². The number of hydrogen-bond donors (Lipinski definition) is 2. The first-order valence-electron chi connectivity index (χ1n) is 5.40. The molecule has 0 saturated carbocycles. The van der Waals surface area contributed by atoms with E-state index in [1.165, 1.54) is 24.3 Å². The Morgan fingerprint density at radius 3 is 2.55 bits per heavy atom. The molecule has 0 unspecified atom stereocenters. The number of halogens is 3. The van der Waals surface area contributed by atoms with Crippen LogP contribution in [-0.2, 0) is 6.18 Å². The lowest BCUT2D eigenvalue weighted by atomic mass is 10.0. The number of benzene rings is 1. The second kappa shape index (κ2) is 5.16. The molecule has 0 aliphatic carbocycles. The maximum atomic E-state index is 12.9. The minimum atomic E-state index is -4.50. The van der Waals surface area contributed by atoms with Crippen molar-refractivity contribution in [2.75, 3.05) is 0 Å².